The molecule has 0 saturated carbocycles. The van der Waals surface area contributed by atoms with Crippen LogP contribution in [-0.4, -0.2) is 38.2 Å². The van der Waals surface area contributed by atoms with Crippen molar-refractivity contribution in [1.82, 2.24) is 25.3 Å². The predicted octanol–water partition coefficient (Wildman–Crippen LogP) is 1.84. The van der Waals surface area contributed by atoms with Crippen molar-refractivity contribution in [1.29, 1.82) is 0 Å². The SMILES string of the molecule is CC(=O)c1c(C)nn(C(C)CC(=O)NCCCc2nnc(N)s2)c1C. The van der Waals surface area contributed by atoms with Crippen LogP contribution in [0.3, 0.4) is 0 Å². The van der Waals surface area contributed by atoms with Crippen LogP contribution in [-0.2, 0) is 11.2 Å². The van der Waals surface area contributed by atoms with E-state index in [-0.39, 0.29) is 17.7 Å². The second-order valence-corrected chi connectivity index (χ2v) is 7.18. The first-order valence-electron chi connectivity index (χ1n) is 8.20. The van der Waals surface area contributed by atoms with Crippen molar-refractivity contribution in [2.45, 2.75) is 53.0 Å². The molecule has 0 aliphatic rings. The molecule has 2 aromatic rings. The van der Waals surface area contributed by atoms with Crippen LogP contribution in [0.2, 0.25) is 0 Å². The number of anilines is 1. The Hall–Kier alpha value is -2.29. The molecule has 1 amide bonds. The molecular formula is C16H24N6O2S. The van der Waals surface area contributed by atoms with Crippen molar-refractivity contribution in [3.05, 3.63) is 22.0 Å². The average molecular weight is 364 g/mol. The number of aromatic nitrogens is 4. The van der Waals surface area contributed by atoms with E-state index in [0.717, 1.165) is 23.5 Å². The van der Waals surface area contributed by atoms with E-state index in [4.69, 9.17) is 5.73 Å². The van der Waals surface area contributed by atoms with Crippen molar-refractivity contribution >= 4 is 28.2 Å². The molecule has 0 spiro atoms. The number of nitrogens with one attached hydrogen (secondary N) is 1. The zero-order valence-corrected chi connectivity index (χ0v) is 15.8. The second kappa shape index (κ2) is 8.19. The Morgan fingerprint density at radius 2 is 2.04 bits per heavy atom. The number of rotatable bonds is 8. The number of nitrogens with two attached hydrogens (primary N) is 1. The third-order valence-corrected chi connectivity index (χ3v) is 4.76. The number of Topliss-reactive ketones (excluding diaryl/α,β-unsaturated/α-hetero) is 1. The molecule has 2 aromatic heterocycles. The molecule has 0 bridgehead atoms. The van der Waals surface area contributed by atoms with Crippen molar-refractivity contribution in [3.63, 3.8) is 0 Å². The minimum atomic E-state index is -0.116. The Morgan fingerprint density at radius 1 is 1.32 bits per heavy atom. The highest BCUT2D eigenvalue weighted by Crippen LogP contribution is 2.20. The third kappa shape index (κ3) is 4.85. The molecule has 1 unspecified atom stereocenters. The molecule has 2 rings (SSSR count). The van der Waals surface area contributed by atoms with Crippen LogP contribution < -0.4 is 11.1 Å². The molecule has 8 nitrogen and oxygen atoms in total. The summed E-state index contributed by atoms with van der Waals surface area (Å²) in [5.41, 5.74) is 7.68. The predicted molar refractivity (Wildman–Crippen MR) is 96.7 cm³/mol. The lowest BCUT2D eigenvalue weighted by atomic mass is 10.1. The third-order valence-electron chi connectivity index (χ3n) is 3.95. The van der Waals surface area contributed by atoms with Crippen LogP contribution in [0.25, 0.3) is 0 Å². The van der Waals surface area contributed by atoms with Crippen molar-refractivity contribution < 1.29 is 9.59 Å². The number of carbonyl (C=O) groups excluding carboxylic acids is 2. The highest BCUT2D eigenvalue weighted by molar-refractivity contribution is 7.15. The lowest BCUT2D eigenvalue weighted by Gasteiger charge is -2.14. The summed E-state index contributed by atoms with van der Waals surface area (Å²) in [5, 5.41) is 16.4. The number of hydrogen-bond donors (Lipinski definition) is 2. The summed E-state index contributed by atoms with van der Waals surface area (Å²) in [6.45, 7) is 7.70. The number of nitrogen functional groups attached to an aromatic ring is 1. The van der Waals surface area contributed by atoms with Crippen molar-refractivity contribution in [2.24, 2.45) is 0 Å². The molecule has 0 aliphatic heterocycles. The van der Waals surface area contributed by atoms with Gasteiger partial charge in [-0.2, -0.15) is 5.10 Å². The Kier molecular flexibility index (Phi) is 6.24. The van der Waals surface area contributed by atoms with Crippen LogP contribution in [0.4, 0.5) is 5.13 Å². The number of ketones is 1. The maximum Gasteiger partial charge on any atom is 0.222 e. The topological polar surface area (TPSA) is 116 Å². The van der Waals surface area contributed by atoms with Gasteiger partial charge in [-0.1, -0.05) is 11.3 Å². The summed E-state index contributed by atoms with van der Waals surface area (Å²) in [6.07, 6.45) is 1.83. The van der Waals surface area contributed by atoms with Gasteiger partial charge in [0.1, 0.15) is 5.01 Å². The molecule has 0 saturated heterocycles. The first kappa shape index (κ1) is 19.0. The van der Waals surface area contributed by atoms with Crippen LogP contribution >= 0.6 is 11.3 Å². The van der Waals surface area contributed by atoms with Gasteiger partial charge in [-0.3, -0.25) is 14.3 Å². The standard InChI is InChI=1S/C16H24N6O2S/c1-9(22-11(3)15(12(4)23)10(2)21-22)8-13(24)18-7-5-6-14-19-20-16(17)25-14/h9H,5-8H2,1-4H3,(H2,17,20)(H,18,24). The molecule has 25 heavy (non-hydrogen) atoms. The molecule has 3 N–H and O–H groups in total. The maximum atomic E-state index is 12.1. The van der Waals surface area contributed by atoms with Gasteiger partial charge in [-0.15, -0.1) is 10.2 Å². The van der Waals surface area contributed by atoms with Gasteiger partial charge in [0.15, 0.2) is 5.78 Å². The van der Waals surface area contributed by atoms with Gasteiger partial charge in [0.25, 0.3) is 0 Å². The fraction of sp³-hybridized carbons (Fsp3) is 0.562. The summed E-state index contributed by atoms with van der Waals surface area (Å²) < 4.78 is 1.76. The van der Waals surface area contributed by atoms with Crippen LogP contribution in [0.15, 0.2) is 0 Å². The maximum absolute atomic E-state index is 12.1. The van der Waals surface area contributed by atoms with Gasteiger partial charge in [-0.05, 0) is 34.1 Å². The normalized spacial score (nSPS) is 12.2. The summed E-state index contributed by atoms with van der Waals surface area (Å²) in [4.78, 5) is 23.8. The summed E-state index contributed by atoms with van der Waals surface area (Å²) in [6, 6.07) is -0.116. The van der Waals surface area contributed by atoms with E-state index in [9.17, 15) is 9.59 Å². The number of aryl methyl sites for hydroxylation is 2. The molecule has 0 radical (unpaired) electrons. The van der Waals surface area contributed by atoms with E-state index in [1.165, 1.54) is 18.3 Å². The first-order chi connectivity index (χ1) is 11.8. The van der Waals surface area contributed by atoms with Crippen LogP contribution in [0.1, 0.15) is 59.5 Å². The second-order valence-electron chi connectivity index (χ2n) is 6.09. The zero-order valence-electron chi connectivity index (χ0n) is 15.0. The summed E-state index contributed by atoms with van der Waals surface area (Å²) >= 11 is 1.37. The molecule has 0 aromatic carbocycles. The monoisotopic (exact) mass is 364 g/mol. The van der Waals surface area contributed by atoms with Crippen LogP contribution in [0, 0.1) is 13.8 Å². The zero-order chi connectivity index (χ0) is 18.6. The summed E-state index contributed by atoms with van der Waals surface area (Å²) in [7, 11) is 0. The van der Waals surface area contributed by atoms with E-state index < -0.39 is 0 Å². The molecular weight excluding hydrogens is 340 g/mol. The highest BCUT2D eigenvalue weighted by atomic mass is 32.1. The van der Waals surface area contributed by atoms with E-state index in [1.807, 2.05) is 20.8 Å². The van der Waals surface area contributed by atoms with Gasteiger partial charge >= 0.3 is 0 Å². The van der Waals surface area contributed by atoms with Gasteiger partial charge in [0, 0.05) is 25.1 Å². The fourth-order valence-corrected chi connectivity index (χ4v) is 3.51. The lowest BCUT2D eigenvalue weighted by molar-refractivity contribution is -0.121. The minimum absolute atomic E-state index is 0.00443. The van der Waals surface area contributed by atoms with E-state index in [2.05, 4.69) is 20.6 Å². The Morgan fingerprint density at radius 3 is 2.60 bits per heavy atom. The minimum Gasteiger partial charge on any atom is -0.374 e. The molecule has 1 atom stereocenters. The van der Waals surface area contributed by atoms with Gasteiger partial charge in [0.2, 0.25) is 11.0 Å². The first-order valence-corrected chi connectivity index (χ1v) is 9.02. The number of nitrogens with zero attached hydrogens (tertiary/aromatic N) is 4. The molecule has 0 aliphatic carbocycles. The lowest BCUT2D eigenvalue weighted by Crippen LogP contribution is -2.27. The molecule has 0 fully saturated rings. The van der Waals surface area contributed by atoms with Crippen molar-refractivity contribution in [3.8, 4) is 0 Å². The van der Waals surface area contributed by atoms with Crippen LogP contribution in [0.5, 0.6) is 0 Å². The van der Waals surface area contributed by atoms with Gasteiger partial charge in [-0.25, -0.2) is 0 Å². The Labute approximate surface area is 150 Å². The van der Waals surface area contributed by atoms with Gasteiger partial charge in [0.05, 0.1) is 17.3 Å². The average Bonchev–Trinajstić information content (AvgIpc) is 3.06. The molecule has 9 heteroatoms. The Bertz CT molecular complexity index is 767. The van der Waals surface area contributed by atoms with Gasteiger partial charge < -0.3 is 11.1 Å². The largest absolute Gasteiger partial charge is 0.374 e. The van der Waals surface area contributed by atoms with Crippen molar-refractivity contribution in [2.75, 3.05) is 12.3 Å². The fourth-order valence-electron chi connectivity index (χ4n) is 2.86. The Balaban J connectivity index is 1.82. The number of carbonyl (C=O) groups is 2. The smallest absolute Gasteiger partial charge is 0.222 e. The van der Waals surface area contributed by atoms with E-state index >= 15 is 0 Å². The molecule has 2 heterocycles. The highest BCUT2D eigenvalue weighted by Gasteiger charge is 2.20. The number of hydrogen-bond acceptors (Lipinski definition) is 7. The van der Waals surface area contributed by atoms with E-state index in [0.29, 0.717) is 29.4 Å². The molecule has 136 valence electrons. The summed E-state index contributed by atoms with van der Waals surface area (Å²) in [5.74, 6) is -0.0450. The van der Waals surface area contributed by atoms with E-state index in [1.54, 1.807) is 4.68 Å². The number of amides is 1. The quantitative estimate of drug-likeness (QED) is 0.545.